The third-order valence-electron chi connectivity index (χ3n) is 4.15. The average molecular weight is 243 g/mol. The second kappa shape index (κ2) is 7.34. The average Bonchev–Trinajstić information content (AvgIpc) is 2.37. The molecule has 0 spiro atoms. The van der Waals surface area contributed by atoms with Crippen LogP contribution in [0.1, 0.15) is 52.4 Å². The van der Waals surface area contributed by atoms with Crippen LogP contribution in [0.2, 0.25) is 0 Å². The highest BCUT2D eigenvalue weighted by Gasteiger charge is 2.35. The van der Waals surface area contributed by atoms with Crippen molar-refractivity contribution in [1.82, 2.24) is 0 Å². The SMILES string of the molecule is CCC1CCC(CN)(OC(C)CCOC)CC1. The van der Waals surface area contributed by atoms with Gasteiger partial charge in [0.15, 0.2) is 0 Å². The summed E-state index contributed by atoms with van der Waals surface area (Å²) in [7, 11) is 1.73. The normalized spacial score (nSPS) is 31.4. The van der Waals surface area contributed by atoms with Gasteiger partial charge in [-0.25, -0.2) is 0 Å². The second-order valence-corrected chi connectivity index (χ2v) is 5.45. The van der Waals surface area contributed by atoms with Crippen LogP contribution in [-0.4, -0.2) is 32.0 Å². The van der Waals surface area contributed by atoms with E-state index in [4.69, 9.17) is 15.2 Å². The zero-order chi connectivity index (χ0) is 12.7. The number of hydrogen-bond donors (Lipinski definition) is 1. The monoisotopic (exact) mass is 243 g/mol. The molecule has 0 amide bonds. The van der Waals surface area contributed by atoms with Gasteiger partial charge in [-0.3, -0.25) is 0 Å². The molecule has 1 atom stereocenters. The Hall–Kier alpha value is -0.120. The van der Waals surface area contributed by atoms with Crippen LogP contribution in [0.25, 0.3) is 0 Å². The van der Waals surface area contributed by atoms with Crippen molar-refractivity contribution in [2.24, 2.45) is 11.7 Å². The molecule has 1 saturated carbocycles. The molecule has 2 N–H and O–H groups in total. The largest absolute Gasteiger partial charge is 0.385 e. The predicted molar refractivity (Wildman–Crippen MR) is 71.1 cm³/mol. The molecular weight excluding hydrogens is 214 g/mol. The molecule has 0 aromatic carbocycles. The van der Waals surface area contributed by atoms with E-state index in [1.807, 2.05) is 0 Å². The Morgan fingerprint density at radius 1 is 1.35 bits per heavy atom. The van der Waals surface area contributed by atoms with Crippen molar-refractivity contribution in [2.75, 3.05) is 20.3 Å². The van der Waals surface area contributed by atoms with E-state index in [1.54, 1.807) is 7.11 Å². The Morgan fingerprint density at radius 3 is 2.47 bits per heavy atom. The van der Waals surface area contributed by atoms with Gasteiger partial charge in [0.25, 0.3) is 0 Å². The van der Waals surface area contributed by atoms with E-state index >= 15 is 0 Å². The summed E-state index contributed by atoms with van der Waals surface area (Å²) >= 11 is 0. The standard InChI is InChI=1S/C14H29NO2/c1-4-13-5-8-14(11-15,9-6-13)17-12(2)7-10-16-3/h12-13H,4-11,15H2,1-3H3. The van der Waals surface area contributed by atoms with Crippen molar-refractivity contribution in [2.45, 2.75) is 64.1 Å². The first-order valence-corrected chi connectivity index (χ1v) is 7.02. The second-order valence-electron chi connectivity index (χ2n) is 5.45. The fourth-order valence-electron chi connectivity index (χ4n) is 2.75. The van der Waals surface area contributed by atoms with Crippen molar-refractivity contribution in [1.29, 1.82) is 0 Å². The highest BCUT2D eigenvalue weighted by molar-refractivity contribution is 4.88. The zero-order valence-corrected chi connectivity index (χ0v) is 11.7. The summed E-state index contributed by atoms with van der Waals surface area (Å²) in [4.78, 5) is 0. The molecule has 0 aliphatic heterocycles. The molecular formula is C14H29NO2. The molecule has 17 heavy (non-hydrogen) atoms. The van der Waals surface area contributed by atoms with Gasteiger partial charge in [-0.1, -0.05) is 13.3 Å². The summed E-state index contributed by atoms with van der Waals surface area (Å²) in [6, 6.07) is 0. The quantitative estimate of drug-likeness (QED) is 0.747. The molecule has 0 radical (unpaired) electrons. The van der Waals surface area contributed by atoms with Crippen LogP contribution in [0.15, 0.2) is 0 Å². The van der Waals surface area contributed by atoms with E-state index in [0.29, 0.717) is 6.54 Å². The summed E-state index contributed by atoms with van der Waals surface area (Å²) in [6.07, 6.45) is 7.28. The molecule has 1 aliphatic carbocycles. The first-order valence-electron chi connectivity index (χ1n) is 7.02. The van der Waals surface area contributed by atoms with E-state index in [9.17, 15) is 0 Å². The number of methoxy groups -OCH3 is 1. The van der Waals surface area contributed by atoms with E-state index in [0.717, 1.165) is 31.8 Å². The maximum atomic E-state index is 6.22. The summed E-state index contributed by atoms with van der Waals surface area (Å²) in [5.74, 6) is 0.882. The van der Waals surface area contributed by atoms with Crippen LogP contribution in [0.4, 0.5) is 0 Å². The third-order valence-corrected chi connectivity index (χ3v) is 4.15. The molecule has 1 unspecified atom stereocenters. The highest BCUT2D eigenvalue weighted by Crippen LogP contribution is 2.36. The molecule has 0 aromatic rings. The molecule has 0 aromatic heterocycles. The summed E-state index contributed by atoms with van der Waals surface area (Å²) in [5.41, 5.74) is 5.89. The van der Waals surface area contributed by atoms with E-state index in [2.05, 4.69) is 13.8 Å². The number of nitrogens with two attached hydrogens (primary N) is 1. The Labute approximate surface area is 106 Å². The fraction of sp³-hybridized carbons (Fsp3) is 1.00. The van der Waals surface area contributed by atoms with Crippen LogP contribution in [-0.2, 0) is 9.47 Å². The van der Waals surface area contributed by atoms with Crippen LogP contribution < -0.4 is 5.73 Å². The van der Waals surface area contributed by atoms with Crippen molar-refractivity contribution in [3.63, 3.8) is 0 Å². The molecule has 3 heteroatoms. The van der Waals surface area contributed by atoms with Gasteiger partial charge in [0.1, 0.15) is 0 Å². The first-order chi connectivity index (χ1) is 8.15. The van der Waals surface area contributed by atoms with Gasteiger partial charge in [-0.15, -0.1) is 0 Å². The first kappa shape index (κ1) is 14.9. The Bertz CT molecular complexity index is 200. The molecule has 0 bridgehead atoms. The Balaban J connectivity index is 2.41. The van der Waals surface area contributed by atoms with Crippen LogP contribution in [0, 0.1) is 5.92 Å². The lowest BCUT2D eigenvalue weighted by atomic mass is 9.77. The predicted octanol–water partition coefficient (Wildman–Crippen LogP) is 2.73. The highest BCUT2D eigenvalue weighted by atomic mass is 16.5. The minimum Gasteiger partial charge on any atom is -0.385 e. The van der Waals surface area contributed by atoms with Crippen LogP contribution >= 0.6 is 0 Å². The van der Waals surface area contributed by atoms with Gasteiger partial charge >= 0.3 is 0 Å². The number of ether oxygens (including phenoxy) is 2. The maximum absolute atomic E-state index is 6.22. The van der Waals surface area contributed by atoms with Gasteiger partial charge < -0.3 is 15.2 Å². The Kier molecular flexibility index (Phi) is 6.45. The van der Waals surface area contributed by atoms with Crippen molar-refractivity contribution >= 4 is 0 Å². The van der Waals surface area contributed by atoms with Gasteiger partial charge in [-0.05, 0) is 44.9 Å². The molecule has 0 heterocycles. The van der Waals surface area contributed by atoms with Gasteiger partial charge in [0.05, 0.1) is 11.7 Å². The minimum absolute atomic E-state index is 0.0567. The fourth-order valence-corrected chi connectivity index (χ4v) is 2.75. The minimum atomic E-state index is -0.0567. The van der Waals surface area contributed by atoms with Gasteiger partial charge in [0.2, 0.25) is 0 Å². The van der Waals surface area contributed by atoms with E-state index < -0.39 is 0 Å². The van der Waals surface area contributed by atoms with Crippen molar-refractivity contribution < 1.29 is 9.47 Å². The molecule has 1 aliphatic rings. The molecule has 102 valence electrons. The van der Waals surface area contributed by atoms with Crippen molar-refractivity contribution in [3.05, 3.63) is 0 Å². The molecule has 0 saturated heterocycles. The molecule has 1 fully saturated rings. The number of rotatable bonds is 7. The van der Waals surface area contributed by atoms with Crippen LogP contribution in [0.3, 0.4) is 0 Å². The van der Waals surface area contributed by atoms with E-state index in [1.165, 1.54) is 19.3 Å². The number of hydrogen-bond acceptors (Lipinski definition) is 3. The smallest absolute Gasteiger partial charge is 0.0807 e. The lowest BCUT2D eigenvalue weighted by Gasteiger charge is -2.41. The topological polar surface area (TPSA) is 44.5 Å². The summed E-state index contributed by atoms with van der Waals surface area (Å²) < 4.78 is 11.3. The zero-order valence-electron chi connectivity index (χ0n) is 11.7. The third kappa shape index (κ3) is 4.57. The molecule has 1 rings (SSSR count). The maximum Gasteiger partial charge on any atom is 0.0807 e. The van der Waals surface area contributed by atoms with Crippen LogP contribution in [0.5, 0.6) is 0 Å². The summed E-state index contributed by atoms with van der Waals surface area (Å²) in [5, 5.41) is 0. The lowest BCUT2D eigenvalue weighted by Crippen LogP contribution is -2.46. The van der Waals surface area contributed by atoms with E-state index in [-0.39, 0.29) is 11.7 Å². The molecule has 3 nitrogen and oxygen atoms in total. The van der Waals surface area contributed by atoms with Crippen molar-refractivity contribution in [3.8, 4) is 0 Å². The Morgan fingerprint density at radius 2 is 2.00 bits per heavy atom. The van der Waals surface area contributed by atoms with Gasteiger partial charge in [-0.2, -0.15) is 0 Å². The lowest BCUT2D eigenvalue weighted by molar-refractivity contribution is -0.113. The summed E-state index contributed by atoms with van der Waals surface area (Å²) in [6.45, 7) is 5.82. The van der Waals surface area contributed by atoms with Gasteiger partial charge in [0, 0.05) is 20.3 Å².